The van der Waals surface area contributed by atoms with Crippen molar-refractivity contribution in [3.63, 3.8) is 0 Å². The molecule has 160 valence electrons. The smallest absolute Gasteiger partial charge is 0.128 e. The molecule has 2 heterocycles. The van der Waals surface area contributed by atoms with Crippen LogP contribution in [0.25, 0.3) is 33.8 Å². The van der Waals surface area contributed by atoms with Crippen LogP contribution in [0.1, 0.15) is 11.1 Å². The van der Waals surface area contributed by atoms with Crippen LogP contribution in [0.4, 0.5) is 0 Å². The molecular weight excluding hydrogens is 406 g/mol. The first-order valence-corrected chi connectivity index (χ1v) is 10.9. The molecule has 5 aromatic rings. The number of aromatic nitrogens is 3. The molecular formula is C29H23N3O. The van der Waals surface area contributed by atoms with E-state index in [2.05, 4.69) is 47.0 Å². The highest BCUT2D eigenvalue weighted by Gasteiger charge is 2.12. The van der Waals surface area contributed by atoms with Gasteiger partial charge in [0.15, 0.2) is 0 Å². The van der Waals surface area contributed by atoms with Crippen LogP contribution in [-0.4, -0.2) is 15.0 Å². The van der Waals surface area contributed by atoms with Gasteiger partial charge in [-0.1, -0.05) is 47.5 Å². The van der Waals surface area contributed by atoms with E-state index in [4.69, 9.17) is 4.74 Å². The molecule has 0 spiro atoms. The quantitative estimate of drug-likeness (QED) is 0.294. The van der Waals surface area contributed by atoms with Gasteiger partial charge in [0.05, 0.1) is 17.1 Å². The van der Waals surface area contributed by atoms with Crippen molar-refractivity contribution in [2.24, 2.45) is 0 Å². The number of benzene rings is 3. The Morgan fingerprint density at radius 3 is 1.82 bits per heavy atom. The lowest BCUT2D eigenvalue weighted by Gasteiger charge is -2.12. The van der Waals surface area contributed by atoms with Gasteiger partial charge in [-0.2, -0.15) is 0 Å². The first-order chi connectivity index (χ1) is 16.2. The second-order valence-electron chi connectivity index (χ2n) is 8.00. The number of nitrogens with zero attached hydrogens (tertiary/aromatic N) is 3. The molecule has 0 bridgehead atoms. The van der Waals surface area contributed by atoms with Crippen molar-refractivity contribution >= 4 is 0 Å². The van der Waals surface area contributed by atoms with Crippen molar-refractivity contribution in [1.82, 2.24) is 15.0 Å². The number of aryl methyl sites for hydroxylation is 2. The van der Waals surface area contributed by atoms with Gasteiger partial charge in [-0.05, 0) is 62.4 Å². The van der Waals surface area contributed by atoms with E-state index in [9.17, 15) is 0 Å². The number of ether oxygens (including phenoxy) is 1. The second-order valence-corrected chi connectivity index (χ2v) is 8.00. The maximum absolute atomic E-state index is 6.21. The molecule has 0 saturated carbocycles. The van der Waals surface area contributed by atoms with Crippen LogP contribution in [0.15, 0.2) is 104 Å². The Labute approximate surface area is 193 Å². The molecule has 0 fully saturated rings. The normalized spacial score (nSPS) is 10.7. The van der Waals surface area contributed by atoms with Gasteiger partial charge in [0, 0.05) is 35.3 Å². The summed E-state index contributed by atoms with van der Waals surface area (Å²) in [4.78, 5) is 13.7. The zero-order valence-corrected chi connectivity index (χ0v) is 18.6. The van der Waals surface area contributed by atoms with Gasteiger partial charge in [-0.3, -0.25) is 15.0 Å². The van der Waals surface area contributed by atoms with E-state index in [1.165, 1.54) is 11.1 Å². The van der Waals surface area contributed by atoms with Crippen LogP contribution in [0.5, 0.6) is 11.5 Å². The van der Waals surface area contributed by atoms with Gasteiger partial charge in [0.2, 0.25) is 0 Å². The minimum atomic E-state index is 0.739. The summed E-state index contributed by atoms with van der Waals surface area (Å²) >= 11 is 0. The minimum absolute atomic E-state index is 0.739. The molecule has 0 aliphatic rings. The fourth-order valence-electron chi connectivity index (χ4n) is 3.97. The Kier molecular flexibility index (Phi) is 5.64. The summed E-state index contributed by atoms with van der Waals surface area (Å²) < 4.78 is 6.21. The fourth-order valence-corrected chi connectivity index (χ4v) is 3.97. The van der Waals surface area contributed by atoms with E-state index in [1.54, 1.807) is 18.6 Å². The van der Waals surface area contributed by atoms with Crippen molar-refractivity contribution in [2.45, 2.75) is 13.8 Å². The summed E-state index contributed by atoms with van der Waals surface area (Å²) in [5, 5.41) is 0. The topological polar surface area (TPSA) is 47.9 Å². The maximum Gasteiger partial charge on any atom is 0.128 e. The molecule has 0 amide bonds. The van der Waals surface area contributed by atoms with E-state index in [1.807, 2.05) is 66.7 Å². The van der Waals surface area contributed by atoms with Gasteiger partial charge in [-0.25, -0.2) is 0 Å². The summed E-state index contributed by atoms with van der Waals surface area (Å²) in [6.07, 6.45) is 5.26. The molecule has 4 heteroatoms. The summed E-state index contributed by atoms with van der Waals surface area (Å²) in [5.41, 5.74) is 8.02. The molecule has 0 atom stereocenters. The van der Waals surface area contributed by atoms with Crippen molar-refractivity contribution < 1.29 is 4.74 Å². The lowest BCUT2D eigenvalue weighted by Crippen LogP contribution is -1.94. The van der Waals surface area contributed by atoms with Crippen molar-refractivity contribution in [2.75, 3.05) is 0 Å². The van der Waals surface area contributed by atoms with Crippen molar-refractivity contribution in [3.8, 4) is 45.3 Å². The Morgan fingerprint density at radius 2 is 1.15 bits per heavy atom. The molecule has 2 aromatic heterocycles. The predicted octanol–water partition coefficient (Wildman–Crippen LogP) is 7.28. The van der Waals surface area contributed by atoms with Gasteiger partial charge < -0.3 is 4.74 Å². The first kappa shape index (κ1) is 20.6. The molecule has 0 saturated heterocycles. The monoisotopic (exact) mass is 429 g/mol. The largest absolute Gasteiger partial charge is 0.457 e. The third kappa shape index (κ3) is 4.65. The Morgan fingerprint density at radius 1 is 0.515 bits per heavy atom. The van der Waals surface area contributed by atoms with Crippen molar-refractivity contribution in [3.05, 3.63) is 115 Å². The Hall–Kier alpha value is -4.31. The summed E-state index contributed by atoms with van der Waals surface area (Å²) in [5.74, 6) is 1.49. The molecule has 5 rings (SSSR count). The van der Waals surface area contributed by atoms with Crippen molar-refractivity contribution in [1.29, 1.82) is 0 Å². The zero-order valence-electron chi connectivity index (χ0n) is 18.6. The predicted molar refractivity (Wildman–Crippen MR) is 132 cm³/mol. The molecule has 0 radical (unpaired) electrons. The van der Waals surface area contributed by atoms with Gasteiger partial charge in [0.25, 0.3) is 0 Å². The second kappa shape index (κ2) is 9.05. The maximum atomic E-state index is 6.21. The van der Waals surface area contributed by atoms with Crippen LogP contribution in [0, 0.1) is 13.8 Å². The molecule has 4 nitrogen and oxygen atoms in total. The average Bonchev–Trinajstić information content (AvgIpc) is 2.84. The fraction of sp³-hybridized carbons (Fsp3) is 0.0690. The van der Waals surface area contributed by atoms with Crippen LogP contribution in [-0.2, 0) is 0 Å². The van der Waals surface area contributed by atoms with Crippen LogP contribution in [0.3, 0.4) is 0 Å². The average molecular weight is 430 g/mol. The van der Waals surface area contributed by atoms with Crippen LogP contribution in [0.2, 0.25) is 0 Å². The van der Waals surface area contributed by atoms with Gasteiger partial charge in [-0.15, -0.1) is 0 Å². The third-order valence-corrected chi connectivity index (χ3v) is 5.33. The summed E-state index contributed by atoms with van der Waals surface area (Å²) in [7, 11) is 0. The number of rotatable bonds is 5. The molecule has 0 unspecified atom stereocenters. The highest BCUT2D eigenvalue weighted by Crippen LogP contribution is 2.33. The highest BCUT2D eigenvalue weighted by atomic mass is 16.5. The van der Waals surface area contributed by atoms with E-state index in [0.717, 1.165) is 45.3 Å². The van der Waals surface area contributed by atoms with E-state index in [-0.39, 0.29) is 0 Å². The zero-order chi connectivity index (χ0) is 22.6. The lowest BCUT2D eigenvalue weighted by atomic mass is 10.0. The lowest BCUT2D eigenvalue weighted by molar-refractivity contribution is 0.483. The summed E-state index contributed by atoms with van der Waals surface area (Å²) in [6.45, 7) is 4.19. The molecule has 0 aliphatic carbocycles. The summed E-state index contributed by atoms with van der Waals surface area (Å²) in [6, 6.07) is 28.2. The number of pyridine rings is 1. The first-order valence-electron chi connectivity index (χ1n) is 10.9. The van der Waals surface area contributed by atoms with E-state index < -0.39 is 0 Å². The molecule has 3 aromatic carbocycles. The Balaban J connectivity index is 1.48. The molecule has 0 aliphatic heterocycles. The third-order valence-electron chi connectivity index (χ3n) is 5.33. The number of hydrogen-bond acceptors (Lipinski definition) is 4. The molecule has 33 heavy (non-hydrogen) atoms. The van der Waals surface area contributed by atoms with E-state index >= 15 is 0 Å². The van der Waals surface area contributed by atoms with Crippen LogP contribution < -0.4 is 4.74 Å². The number of hydrogen-bond donors (Lipinski definition) is 0. The van der Waals surface area contributed by atoms with Gasteiger partial charge in [0.1, 0.15) is 11.5 Å². The van der Waals surface area contributed by atoms with E-state index in [0.29, 0.717) is 0 Å². The highest BCUT2D eigenvalue weighted by molar-refractivity contribution is 5.78. The van der Waals surface area contributed by atoms with Gasteiger partial charge >= 0.3 is 0 Å². The standard InChI is InChI=1S/C29H23N3O/c1-20-15-21(2)17-24(16-20)29-28(31-13-14-32-29)23-8-6-10-26(19-23)33-25-9-5-7-22(18-25)27-11-3-4-12-30-27/h3-19H,1-2H3. The van der Waals surface area contributed by atoms with Crippen LogP contribution >= 0.6 is 0 Å². The Bertz CT molecular complexity index is 1390. The molecule has 0 N–H and O–H groups in total. The minimum Gasteiger partial charge on any atom is -0.457 e. The SMILES string of the molecule is Cc1cc(C)cc(-c2nccnc2-c2cccc(Oc3cccc(-c4ccccn4)c3)c2)c1.